The molecule has 3 heteroatoms. The molecule has 0 amide bonds. The molecule has 0 spiro atoms. The molecule has 0 saturated heterocycles. The Morgan fingerprint density at radius 1 is 1.14 bits per heavy atom. The van der Waals surface area contributed by atoms with Crippen LogP contribution in [0.5, 0.6) is 0 Å². The lowest BCUT2D eigenvalue weighted by Gasteiger charge is -2.26. The lowest BCUT2D eigenvalue weighted by molar-refractivity contribution is -0.148. The Hall–Kier alpha value is -0.313. The van der Waals surface area contributed by atoms with E-state index in [2.05, 4.69) is 13.8 Å². The molecule has 0 radical (unpaired) electrons. The van der Waals surface area contributed by atoms with Crippen LogP contribution in [0.25, 0.3) is 0 Å². The molecule has 0 atom stereocenters. The summed E-state index contributed by atoms with van der Waals surface area (Å²) in [5, 5.41) is -0.112. The minimum Gasteiger partial charge on any atom is -0.466 e. The first-order valence-electron chi connectivity index (χ1n) is 5.78. The van der Waals surface area contributed by atoms with Gasteiger partial charge in [0, 0.05) is 10.2 Å². The zero-order valence-electron chi connectivity index (χ0n) is 10.1. The van der Waals surface area contributed by atoms with Gasteiger partial charge in [0.15, 0.2) is 0 Å². The predicted octanol–water partition coefficient (Wildman–Crippen LogP) is 2.06. The van der Waals surface area contributed by atoms with Gasteiger partial charge in [-0.15, -0.1) is 0 Å². The van der Waals surface area contributed by atoms with Crippen molar-refractivity contribution in [2.75, 3.05) is 6.61 Å². The molecule has 0 N–H and O–H groups in total. The van der Waals surface area contributed by atoms with E-state index in [1.807, 2.05) is 6.92 Å². The maximum atomic E-state index is 11.8. The van der Waals surface area contributed by atoms with Crippen molar-refractivity contribution in [3.63, 3.8) is 0 Å². The summed E-state index contributed by atoms with van der Waals surface area (Å²) < 4.78 is 5.26. The second kappa shape index (κ2) is 7.04. The van der Waals surface area contributed by atoms with Crippen molar-refractivity contribution < 1.29 is 9.53 Å². The molecule has 0 aromatic heterocycles. The lowest BCUT2D eigenvalue weighted by Crippen LogP contribution is -2.26. The SMILES string of the molecule is CCCOC(=O)C([SiH3])(CCC)CCC. The van der Waals surface area contributed by atoms with Crippen LogP contribution < -0.4 is 0 Å². The quantitative estimate of drug-likeness (QED) is 0.481. The summed E-state index contributed by atoms with van der Waals surface area (Å²) in [6, 6.07) is 0. The number of esters is 1. The average Bonchev–Trinajstić information content (AvgIpc) is 2.15. The van der Waals surface area contributed by atoms with Gasteiger partial charge >= 0.3 is 5.97 Å². The normalized spacial score (nSPS) is 11.6. The van der Waals surface area contributed by atoms with Gasteiger partial charge in [-0.2, -0.15) is 0 Å². The number of hydrogen-bond acceptors (Lipinski definition) is 2. The number of carbonyl (C=O) groups is 1. The third-order valence-electron chi connectivity index (χ3n) is 2.53. The summed E-state index contributed by atoms with van der Waals surface area (Å²) >= 11 is 0. The van der Waals surface area contributed by atoms with Crippen LogP contribution in [-0.2, 0) is 9.53 Å². The second-order valence-electron chi connectivity index (χ2n) is 4.20. The third-order valence-corrected chi connectivity index (χ3v) is 3.94. The molecule has 0 rings (SSSR count). The highest BCUT2D eigenvalue weighted by atomic mass is 28.1. The zero-order chi connectivity index (χ0) is 11.0. The largest absolute Gasteiger partial charge is 0.466 e. The van der Waals surface area contributed by atoms with E-state index in [0.29, 0.717) is 6.61 Å². The van der Waals surface area contributed by atoms with Gasteiger partial charge in [0.1, 0.15) is 0 Å². The molecule has 0 aromatic carbocycles. The van der Waals surface area contributed by atoms with Crippen LogP contribution in [0, 0.1) is 0 Å². The first-order valence-corrected chi connectivity index (χ1v) is 6.78. The molecule has 0 saturated carbocycles. The molecular weight excluding hydrogens is 192 g/mol. The summed E-state index contributed by atoms with van der Waals surface area (Å²) in [6.45, 7) is 6.88. The number of hydrogen-bond donors (Lipinski definition) is 0. The van der Waals surface area contributed by atoms with Crippen LogP contribution in [0.3, 0.4) is 0 Å². The van der Waals surface area contributed by atoms with Gasteiger partial charge in [-0.1, -0.05) is 33.6 Å². The van der Waals surface area contributed by atoms with Crippen molar-refractivity contribution in [3.8, 4) is 0 Å². The third kappa shape index (κ3) is 4.27. The highest BCUT2D eigenvalue weighted by Crippen LogP contribution is 2.35. The van der Waals surface area contributed by atoms with Gasteiger partial charge in [-0.3, -0.25) is 4.79 Å². The summed E-state index contributed by atoms with van der Waals surface area (Å²) in [4.78, 5) is 11.8. The van der Waals surface area contributed by atoms with E-state index in [4.69, 9.17) is 4.74 Å². The molecule has 14 heavy (non-hydrogen) atoms. The van der Waals surface area contributed by atoms with Crippen LogP contribution in [-0.4, -0.2) is 22.8 Å². The minimum atomic E-state index is -0.112. The standard InChI is InChI=1S/C11H24O2Si/c1-4-7-11(14,8-5-2)10(12)13-9-6-3/h4-9H2,1-3,14H3. The van der Waals surface area contributed by atoms with Crippen LogP contribution >= 0.6 is 0 Å². The molecule has 0 aliphatic heterocycles. The Morgan fingerprint density at radius 2 is 1.64 bits per heavy atom. The molecule has 0 aliphatic rings. The predicted molar refractivity (Wildman–Crippen MR) is 63.7 cm³/mol. The van der Waals surface area contributed by atoms with Crippen molar-refractivity contribution >= 4 is 16.2 Å². The topological polar surface area (TPSA) is 26.3 Å². The van der Waals surface area contributed by atoms with Crippen molar-refractivity contribution in [3.05, 3.63) is 0 Å². The lowest BCUT2D eigenvalue weighted by atomic mass is 9.97. The van der Waals surface area contributed by atoms with Crippen LogP contribution in [0.2, 0.25) is 5.04 Å². The number of carbonyl (C=O) groups excluding carboxylic acids is 1. The maximum Gasteiger partial charge on any atom is 0.308 e. The minimum absolute atomic E-state index is 0.0507. The highest BCUT2D eigenvalue weighted by Gasteiger charge is 2.32. The van der Waals surface area contributed by atoms with Crippen LogP contribution in [0.15, 0.2) is 0 Å². The van der Waals surface area contributed by atoms with Crippen molar-refractivity contribution in [1.29, 1.82) is 0 Å². The van der Waals surface area contributed by atoms with E-state index in [9.17, 15) is 4.79 Å². The van der Waals surface area contributed by atoms with E-state index in [-0.39, 0.29) is 11.0 Å². The van der Waals surface area contributed by atoms with Gasteiger partial charge in [-0.25, -0.2) is 0 Å². The summed E-state index contributed by atoms with van der Waals surface area (Å²) in [7, 11) is 0.914. The van der Waals surface area contributed by atoms with E-state index in [1.165, 1.54) is 0 Å². The molecule has 0 bridgehead atoms. The van der Waals surface area contributed by atoms with E-state index in [1.54, 1.807) is 0 Å². The van der Waals surface area contributed by atoms with Crippen molar-refractivity contribution in [2.45, 2.75) is 57.9 Å². The Kier molecular flexibility index (Phi) is 6.88. The number of rotatable bonds is 7. The Balaban J connectivity index is 4.23. The van der Waals surface area contributed by atoms with E-state index >= 15 is 0 Å². The van der Waals surface area contributed by atoms with Gasteiger partial charge in [0.25, 0.3) is 0 Å². The second-order valence-corrected chi connectivity index (χ2v) is 6.11. The molecule has 0 fully saturated rings. The van der Waals surface area contributed by atoms with E-state index < -0.39 is 0 Å². The first-order chi connectivity index (χ1) is 6.60. The fourth-order valence-electron chi connectivity index (χ4n) is 1.80. The smallest absolute Gasteiger partial charge is 0.308 e. The van der Waals surface area contributed by atoms with Gasteiger partial charge in [0.05, 0.1) is 11.6 Å². The monoisotopic (exact) mass is 216 g/mol. The maximum absolute atomic E-state index is 11.8. The van der Waals surface area contributed by atoms with Gasteiger partial charge in [0.2, 0.25) is 0 Å². The Bertz CT molecular complexity index is 163. The van der Waals surface area contributed by atoms with E-state index in [0.717, 1.165) is 42.3 Å². The fourth-order valence-corrected chi connectivity index (χ4v) is 2.95. The zero-order valence-corrected chi connectivity index (χ0v) is 12.1. The van der Waals surface area contributed by atoms with Crippen molar-refractivity contribution in [2.24, 2.45) is 0 Å². The summed E-state index contributed by atoms with van der Waals surface area (Å²) in [6.07, 6.45) is 5.06. The van der Waals surface area contributed by atoms with Crippen molar-refractivity contribution in [1.82, 2.24) is 0 Å². The molecule has 0 heterocycles. The number of ether oxygens (including phenoxy) is 1. The Morgan fingerprint density at radius 3 is 2.00 bits per heavy atom. The molecule has 0 aliphatic carbocycles. The highest BCUT2D eigenvalue weighted by molar-refractivity contribution is 6.27. The molecule has 2 nitrogen and oxygen atoms in total. The summed E-state index contributed by atoms with van der Waals surface area (Å²) in [5.41, 5.74) is 0. The molecular formula is C11H24O2Si. The first kappa shape index (κ1) is 13.7. The Labute approximate surface area is 90.8 Å². The van der Waals surface area contributed by atoms with Gasteiger partial charge < -0.3 is 4.74 Å². The van der Waals surface area contributed by atoms with Crippen LogP contribution in [0.1, 0.15) is 52.9 Å². The van der Waals surface area contributed by atoms with Crippen LogP contribution in [0.4, 0.5) is 0 Å². The van der Waals surface area contributed by atoms with Gasteiger partial charge in [-0.05, 0) is 19.3 Å². The molecule has 0 aromatic rings. The molecule has 84 valence electrons. The fraction of sp³-hybridized carbons (Fsp3) is 0.909. The summed E-state index contributed by atoms with van der Waals surface area (Å²) in [5.74, 6) is 0.0507. The average molecular weight is 216 g/mol. The molecule has 0 unspecified atom stereocenters.